The minimum atomic E-state index is -0.894. The quantitative estimate of drug-likeness (QED) is 0.773. The largest absolute Gasteiger partial charge is 0.477 e. The first-order valence-electron chi connectivity index (χ1n) is 6.11. The lowest BCUT2D eigenvalue weighted by atomic mass is 10.2. The lowest BCUT2D eigenvalue weighted by Gasteiger charge is -2.02. The van der Waals surface area contributed by atoms with E-state index in [2.05, 4.69) is 21.0 Å². The van der Waals surface area contributed by atoms with Crippen LogP contribution in [0.1, 0.15) is 22.3 Å². The molecule has 1 aromatic carbocycles. The third-order valence-corrected chi connectivity index (χ3v) is 4.63. The normalized spacial score (nSPS) is 11.1. The van der Waals surface area contributed by atoms with E-state index in [1.54, 1.807) is 6.07 Å². The molecule has 0 spiro atoms. The molecule has 4 nitrogen and oxygen atoms in total. The number of hydrogen-bond donors (Lipinski definition) is 1. The highest BCUT2D eigenvalue weighted by molar-refractivity contribution is 9.10. The minimum absolute atomic E-state index is 0.343. The van der Waals surface area contributed by atoms with Crippen LogP contribution in [-0.2, 0) is 6.42 Å². The van der Waals surface area contributed by atoms with Gasteiger partial charge in [0.25, 0.3) is 0 Å². The van der Waals surface area contributed by atoms with Crippen molar-refractivity contribution in [1.29, 1.82) is 0 Å². The first-order chi connectivity index (χ1) is 9.60. The summed E-state index contributed by atoms with van der Waals surface area (Å²) in [6, 6.07) is 9.51. The molecule has 0 atom stereocenters. The van der Waals surface area contributed by atoms with Crippen molar-refractivity contribution < 1.29 is 9.90 Å². The molecule has 0 aliphatic carbocycles. The first-order valence-corrected chi connectivity index (χ1v) is 7.71. The number of halogens is 1. The summed E-state index contributed by atoms with van der Waals surface area (Å²) in [7, 11) is 0. The maximum atomic E-state index is 11.1. The SMILES string of the molecule is CCc1nn(-c2cccc(Br)c2)c2sc(C(=O)O)cc12. The zero-order valence-corrected chi connectivity index (χ0v) is 13.0. The van der Waals surface area contributed by atoms with Gasteiger partial charge >= 0.3 is 5.97 Å². The summed E-state index contributed by atoms with van der Waals surface area (Å²) in [5, 5.41) is 14.7. The number of rotatable bonds is 3. The van der Waals surface area contributed by atoms with Gasteiger partial charge in [-0.1, -0.05) is 28.9 Å². The van der Waals surface area contributed by atoms with Crippen molar-refractivity contribution >= 4 is 43.5 Å². The number of carbonyl (C=O) groups is 1. The van der Waals surface area contributed by atoms with Gasteiger partial charge in [-0.25, -0.2) is 9.48 Å². The van der Waals surface area contributed by atoms with E-state index in [1.807, 2.05) is 35.9 Å². The molecule has 0 aliphatic rings. The van der Waals surface area contributed by atoms with Crippen LogP contribution in [0.2, 0.25) is 0 Å². The summed E-state index contributed by atoms with van der Waals surface area (Å²) in [5.41, 5.74) is 1.84. The van der Waals surface area contributed by atoms with E-state index < -0.39 is 5.97 Å². The number of carboxylic acids is 1. The minimum Gasteiger partial charge on any atom is -0.477 e. The van der Waals surface area contributed by atoms with Gasteiger partial charge < -0.3 is 5.11 Å². The van der Waals surface area contributed by atoms with Gasteiger partial charge in [0.2, 0.25) is 0 Å². The monoisotopic (exact) mass is 350 g/mol. The molecule has 20 heavy (non-hydrogen) atoms. The number of nitrogens with zero attached hydrogens (tertiary/aromatic N) is 2. The highest BCUT2D eigenvalue weighted by Gasteiger charge is 2.17. The van der Waals surface area contributed by atoms with Crippen molar-refractivity contribution in [3.8, 4) is 5.69 Å². The number of hydrogen-bond acceptors (Lipinski definition) is 3. The van der Waals surface area contributed by atoms with Gasteiger partial charge in [-0.2, -0.15) is 5.10 Å². The van der Waals surface area contributed by atoms with Gasteiger partial charge in [-0.15, -0.1) is 11.3 Å². The van der Waals surface area contributed by atoms with Crippen LogP contribution in [0.3, 0.4) is 0 Å². The Hall–Kier alpha value is -1.66. The van der Waals surface area contributed by atoms with Crippen molar-refractivity contribution in [1.82, 2.24) is 9.78 Å². The Kier molecular flexibility index (Phi) is 3.35. The summed E-state index contributed by atoms with van der Waals surface area (Å²) < 4.78 is 2.78. The van der Waals surface area contributed by atoms with Crippen LogP contribution in [0.15, 0.2) is 34.8 Å². The van der Waals surface area contributed by atoms with Crippen LogP contribution in [0.4, 0.5) is 0 Å². The molecule has 6 heteroatoms. The van der Waals surface area contributed by atoms with Crippen LogP contribution < -0.4 is 0 Å². The molecule has 0 saturated carbocycles. The zero-order valence-electron chi connectivity index (χ0n) is 10.6. The molecule has 2 aromatic heterocycles. The predicted octanol–water partition coefficient (Wildman–Crippen LogP) is 4.11. The predicted molar refractivity (Wildman–Crippen MR) is 83.0 cm³/mol. The van der Waals surface area contributed by atoms with Gasteiger partial charge in [0.05, 0.1) is 11.4 Å². The lowest BCUT2D eigenvalue weighted by molar-refractivity contribution is 0.0702. The average Bonchev–Trinajstić information content (AvgIpc) is 2.96. The maximum absolute atomic E-state index is 11.1. The third kappa shape index (κ3) is 2.14. The first kappa shape index (κ1) is 13.3. The summed E-state index contributed by atoms with van der Waals surface area (Å²) in [5.74, 6) is -0.894. The van der Waals surface area contributed by atoms with Crippen LogP contribution in [0, 0.1) is 0 Å². The molecular weight excluding hydrogens is 340 g/mol. The van der Waals surface area contributed by atoms with Gasteiger partial charge in [0.15, 0.2) is 0 Å². The Labute approximate surface area is 127 Å². The molecule has 0 aliphatic heterocycles. The van der Waals surface area contributed by atoms with E-state index in [4.69, 9.17) is 5.11 Å². The van der Waals surface area contributed by atoms with Gasteiger partial charge in [0, 0.05) is 9.86 Å². The Balaban J connectivity index is 2.27. The molecule has 1 N–H and O–H groups in total. The van der Waals surface area contributed by atoms with Gasteiger partial charge in [0.1, 0.15) is 9.71 Å². The molecule has 0 saturated heterocycles. The summed E-state index contributed by atoms with van der Waals surface area (Å²) >= 11 is 4.70. The summed E-state index contributed by atoms with van der Waals surface area (Å²) in [4.78, 5) is 12.4. The second-order valence-electron chi connectivity index (χ2n) is 4.33. The van der Waals surface area contributed by atoms with Crippen molar-refractivity contribution in [3.05, 3.63) is 45.4 Å². The van der Waals surface area contributed by atoms with Crippen LogP contribution in [-0.4, -0.2) is 20.9 Å². The fourth-order valence-electron chi connectivity index (χ4n) is 2.11. The van der Waals surface area contributed by atoms with E-state index in [9.17, 15) is 4.79 Å². The smallest absolute Gasteiger partial charge is 0.345 e. The van der Waals surface area contributed by atoms with Crippen molar-refractivity contribution in [2.45, 2.75) is 13.3 Å². The van der Waals surface area contributed by atoms with Crippen molar-refractivity contribution in [3.63, 3.8) is 0 Å². The van der Waals surface area contributed by atoms with E-state index in [0.717, 1.165) is 32.5 Å². The molecule has 3 rings (SSSR count). The number of thiophene rings is 1. The standard InChI is InChI=1S/C14H11BrN2O2S/c1-2-11-10-7-12(14(18)19)20-13(10)17(16-11)9-5-3-4-8(15)6-9/h3-7H,2H2,1H3,(H,18,19). The molecule has 0 fully saturated rings. The third-order valence-electron chi connectivity index (χ3n) is 3.03. The molecule has 0 radical (unpaired) electrons. The summed E-state index contributed by atoms with van der Waals surface area (Å²) in [6.07, 6.45) is 0.771. The highest BCUT2D eigenvalue weighted by Crippen LogP contribution is 2.31. The molecule has 3 aromatic rings. The Bertz CT molecular complexity index is 807. The topological polar surface area (TPSA) is 55.1 Å². The molecule has 0 bridgehead atoms. The van der Waals surface area contributed by atoms with Crippen molar-refractivity contribution in [2.75, 3.05) is 0 Å². The van der Waals surface area contributed by atoms with Crippen LogP contribution >= 0.6 is 27.3 Å². The second kappa shape index (κ2) is 5.03. The fraction of sp³-hybridized carbons (Fsp3) is 0.143. The number of aromatic nitrogens is 2. The molecular formula is C14H11BrN2O2S. The summed E-state index contributed by atoms with van der Waals surface area (Å²) in [6.45, 7) is 2.02. The Morgan fingerprint density at radius 3 is 2.90 bits per heavy atom. The maximum Gasteiger partial charge on any atom is 0.345 e. The van der Waals surface area contributed by atoms with Gasteiger partial charge in [-0.05, 0) is 30.7 Å². The number of aryl methyl sites for hydroxylation is 1. The van der Waals surface area contributed by atoms with Crippen molar-refractivity contribution in [2.24, 2.45) is 0 Å². The average molecular weight is 351 g/mol. The second-order valence-corrected chi connectivity index (χ2v) is 6.27. The van der Waals surface area contributed by atoms with E-state index in [-0.39, 0.29) is 0 Å². The number of fused-ring (bicyclic) bond motifs is 1. The van der Waals surface area contributed by atoms with Crippen LogP contribution in [0.25, 0.3) is 15.9 Å². The van der Waals surface area contributed by atoms with E-state index >= 15 is 0 Å². The fourth-order valence-corrected chi connectivity index (χ4v) is 3.49. The molecule has 2 heterocycles. The van der Waals surface area contributed by atoms with E-state index in [1.165, 1.54) is 11.3 Å². The molecule has 102 valence electrons. The molecule has 0 amide bonds. The van der Waals surface area contributed by atoms with E-state index in [0.29, 0.717) is 4.88 Å². The Morgan fingerprint density at radius 2 is 2.25 bits per heavy atom. The molecule has 0 unspecified atom stereocenters. The zero-order chi connectivity index (χ0) is 14.3. The number of benzene rings is 1. The van der Waals surface area contributed by atoms with Crippen LogP contribution in [0.5, 0.6) is 0 Å². The van der Waals surface area contributed by atoms with Gasteiger partial charge in [-0.3, -0.25) is 0 Å². The highest BCUT2D eigenvalue weighted by atomic mass is 79.9. The Morgan fingerprint density at radius 1 is 1.45 bits per heavy atom. The number of aromatic carboxylic acids is 1. The lowest BCUT2D eigenvalue weighted by Crippen LogP contribution is -1.97. The number of carboxylic acid groups (broad SMARTS) is 1.